The predicted octanol–water partition coefficient (Wildman–Crippen LogP) is 2.52. The SMILES string of the molecule is CCOc1cc(NCC(C)(C)C(=O)O)cc([N+](=O)[O-])c1. The molecule has 0 aliphatic rings. The average molecular weight is 282 g/mol. The number of hydrogen-bond donors (Lipinski definition) is 2. The number of anilines is 1. The third-order valence-electron chi connectivity index (χ3n) is 2.73. The van der Waals surface area contributed by atoms with E-state index in [1.807, 2.05) is 0 Å². The second kappa shape index (κ2) is 6.23. The number of nitrogens with one attached hydrogen (secondary N) is 1. The number of non-ortho nitro benzene ring substituents is 1. The van der Waals surface area contributed by atoms with Gasteiger partial charge in [-0.05, 0) is 20.8 Å². The molecule has 20 heavy (non-hydrogen) atoms. The zero-order chi connectivity index (χ0) is 15.3. The third kappa shape index (κ3) is 4.11. The van der Waals surface area contributed by atoms with Crippen LogP contribution in [-0.4, -0.2) is 29.2 Å². The molecule has 0 spiro atoms. The molecule has 0 saturated carbocycles. The highest BCUT2D eigenvalue weighted by Gasteiger charge is 2.27. The molecule has 0 unspecified atom stereocenters. The van der Waals surface area contributed by atoms with E-state index in [-0.39, 0.29) is 12.2 Å². The molecule has 1 rings (SSSR count). The maximum Gasteiger partial charge on any atom is 0.310 e. The van der Waals surface area contributed by atoms with E-state index in [0.717, 1.165) is 0 Å². The summed E-state index contributed by atoms with van der Waals surface area (Å²) in [6.07, 6.45) is 0. The zero-order valence-electron chi connectivity index (χ0n) is 11.7. The molecule has 0 bridgehead atoms. The molecule has 1 aromatic rings. The molecular weight excluding hydrogens is 264 g/mol. The molecule has 0 atom stereocenters. The summed E-state index contributed by atoms with van der Waals surface area (Å²) in [5.41, 5.74) is -0.625. The summed E-state index contributed by atoms with van der Waals surface area (Å²) in [7, 11) is 0. The molecule has 0 aliphatic heterocycles. The number of nitro groups is 1. The fraction of sp³-hybridized carbons (Fsp3) is 0.462. The van der Waals surface area contributed by atoms with Crippen molar-refractivity contribution < 1.29 is 19.6 Å². The Bertz CT molecular complexity index is 513. The minimum absolute atomic E-state index is 0.105. The van der Waals surface area contributed by atoms with Crippen LogP contribution < -0.4 is 10.1 Å². The van der Waals surface area contributed by atoms with Gasteiger partial charge in [0.05, 0.1) is 23.0 Å². The summed E-state index contributed by atoms with van der Waals surface area (Å²) in [6, 6.07) is 4.28. The van der Waals surface area contributed by atoms with Crippen LogP contribution in [0.25, 0.3) is 0 Å². The first-order valence-electron chi connectivity index (χ1n) is 6.16. The number of carbonyl (C=O) groups is 1. The van der Waals surface area contributed by atoms with Gasteiger partial charge in [0.15, 0.2) is 0 Å². The summed E-state index contributed by atoms with van der Waals surface area (Å²) >= 11 is 0. The molecule has 0 amide bonds. The molecule has 0 radical (unpaired) electrons. The maximum atomic E-state index is 11.0. The van der Waals surface area contributed by atoms with Gasteiger partial charge in [-0.1, -0.05) is 0 Å². The minimum atomic E-state index is -0.976. The number of ether oxygens (including phenoxy) is 1. The Morgan fingerprint density at radius 2 is 2.10 bits per heavy atom. The van der Waals surface area contributed by atoms with Gasteiger partial charge in [0.1, 0.15) is 5.75 Å². The van der Waals surface area contributed by atoms with Gasteiger partial charge >= 0.3 is 5.97 Å². The largest absolute Gasteiger partial charge is 0.494 e. The first kappa shape index (κ1) is 15.7. The number of benzene rings is 1. The number of hydrogen-bond acceptors (Lipinski definition) is 5. The van der Waals surface area contributed by atoms with Crippen LogP contribution in [0.2, 0.25) is 0 Å². The van der Waals surface area contributed by atoms with Crippen molar-refractivity contribution in [2.45, 2.75) is 20.8 Å². The van der Waals surface area contributed by atoms with Gasteiger partial charge in [0.2, 0.25) is 0 Å². The van der Waals surface area contributed by atoms with E-state index in [1.165, 1.54) is 12.1 Å². The molecule has 0 aliphatic carbocycles. The van der Waals surface area contributed by atoms with Crippen molar-refractivity contribution in [3.63, 3.8) is 0 Å². The van der Waals surface area contributed by atoms with Crippen LogP contribution in [0.1, 0.15) is 20.8 Å². The van der Waals surface area contributed by atoms with E-state index < -0.39 is 16.3 Å². The fourth-order valence-electron chi connectivity index (χ4n) is 1.44. The Morgan fingerprint density at radius 1 is 1.45 bits per heavy atom. The van der Waals surface area contributed by atoms with Gasteiger partial charge in [-0.15, -0.1) is 0 Å². The molecule has 0 heterocycles. The lowest BCUT2D eigenvalue weighted by atomic mass is 9.94. The second-order valence-electron chi connectivity index (χ2n) is 4.95. The maximum absolute atomic E-state index is 11.0. The Kier molecular flexibility index (Phi) is 4.90. The first-order valence-corrected chi connectivity index (χ1v) is 6.16. The molecule has 0 fully saturated rings. The van der Waals surface area contributed by atoms with Crippen LogP contribution in [-0.2, 0) is 4.79 Å². The lowest BCUT2D eigenvalue weighted by molar-refractivity contribution is -0.384. The first-order chi connectivity index (χ1) is 9.26. The van der Waals surface area contributed by atoms with Crippen LogP contribution in [0.5, 0.6) is 5.75 Å². The van der Waals surface area contributed by atoms with Crippen LogP contribution >= 0.6 is 0 Å². The third-order valence-corrected chi connectivity index (χ3v) is 2.73. The topological polar surface area (TPSA) is 102 Å². The molecule has 7 nitrogen and oxygen atoms in total. The molecule has 1 aromatic carbocycles. The molecular formula is C13H18N2O5. The molecule has 0 saturated heterocycles. The number of carboxylic acids is 1. The predicted molar refractivity (Wildman–Crippen MR) is 74.2 cm³/mol. The van der Waals surface area contributed by atoms with Crippen molar-refractivity contribution in [3.05, 3.63) is 28.3 Å². The number of rotatable bonds is 7. The Balaban J connectivity index is 2.94. The fourth-order valence-corrected chi connectivity index (χ4v) is 1.44. The number of aliphatic carboxylic acids is 1. The summed E-state index contributed by atoms with van der Waals surface area (Å²) in [5.74, 6) is -0.571. The van der Waals surface area contributed by atoms with Gasteiger partial charge in [0, 0.05) is 24.4 Å². The summed E-state index contributed by atoms with van der Waals surface area (Å²) in [4.78, 5) is 21.3. The molecule has 110 valence electrons. The van der Waals surface area contributed by atoms with E-state index in [1.54, 1.807) is 26.8 Å². The Labute approximate surface area is 116 Å². The van der Waals surface area contributed by atoms with Gasteiger partial charge in [0.25, 0.3) is 5.69 Å². The van der Waals surface area contributed by atoms with Gasteiger partial charge in [-0.2, -0.15) is 0 Å². The molecule has 7 heteroatoms. The average Bonchev–Trinajstić information content (AvgIpc) is 2.36. The highest BCUT2D eigenvalue weighted by Crippen LogP contribution is 2.27. The van der Waals surface area contributed by atoms with E-state index in [4.69, 9.17) is 9.84 Å². The molecule has 0 aromatic heterocycles. The second-order valence-corrected chi connectivity index (χ2v) is 4.95. The zero-order valence-corrected chi connectivity index (χ0v) is 11.7. The van der Waals surface area contributed by atoms with Gasteiger partial charge in [-0.25, -0.2) is 0 Å². The highest BCUT2D eigenvalue weighted by atomic mass is 16.6. The lowest BCUT2D eigenvalue weighted by Crippen LogP contribution is -2.31. The van der Waals surface area contributed by atoms with Gasteiger partial charge in [-0.3, -0.25) is 14.9 Å². The Morgan fingerprint density at radius 3 is 2.60 bits per heavy atom. The number of nitrogens with zero attached hydrogens (tertiary/aromatic N) is 1. The van der Waals surface area contributed by atoms with Crippen LogP contribution in [0.15, 0.2) is 18.2 Å². The highest BCUT2D eigenvalue weighted by molar-refractivity contribution is 5.74. The normalized spacial score (nSPS) is 10.9. The lowest BCUT2D eigenvalue weighted by Gasteiger charge is -2.20. The van der Waals surface area contributed by atoms with Crippen LogP contribution in [0.3, 0.4) is 0 Å². The summed E-state index contributed by atoms with van der Waals surface area (Å²) < 4.78 is 5.26. The summed E-state index contributed by atoms with van der Waals surface area (Å²) in [5, 5.41) is 22.8. The van der Waals surface area contributed by atoms with E-state index >= 15 is 0 Å². The van der Waals surface area contributed by atoms with Crippen molar-refractivity contribution in [2.75, 3.05) is 18.5 Å². The minimum Gasteiger partial charge on any atom is -0.494 e. The quantitative estimate of drug-likeness (QED) is 0.588. The smallest absolute Gasteiger partial charge is 0.310 e. The Hall–Kier alpha value is -2.31. The monoisotopic (exact) mass is 282 g/mol. The summed E-state index contributed by atoms with van der Waals surface area (Å²) in [6.45, 7) is 5.46. The van der Waals surface area contributed by atoms with Crippen molar-refractivity contribution in [1.29, 1.82) is 0 Å². The van der Waals surface area contributed by atoms with E-state index in [0.29, 0.717) is 18.0 Å². The van der Waals surface area contributed by atoms with Crippen LogP contribution in [0.4, 0.5) is 11.4 Å². The van der Waals surface area contributed by atoms with Crippen molar-refractivity contribution >= 4 is 17.3 Å². The van der Waals surface area contributed by atoms with Crippen molar-refractivity contribution in [3.8, 4) is 5.75 Å². The van der Waals surface area contributed by atoms with E-state index in [2.05, 4.69) is 5.32 Å². The molecule has 2 N–H and O–H groups in total. The number of nitro benzene ring substituents is 1. The van der Waals surface area contributed by atoms with Crippen molar-refractivity contribution in [1.82, 2.24) is 0 Å². The standard InChI is InChI=1S/C13H18N2O5/c1-4-20-11-6-9(5-10(7-11)15(18)19)14-8-13(2,3)12(16)17/h5-7,14H,4,8H2,1-3H3,(H,16,17). The van der Waals surface area contributed by atoms with E-state index in [9.17, 15) is 14.9 Å². The van der Waals surface area contributed by atoms with Crippen molar-refractivity contribution in [2.24, 2.45) is 5.41 Å². The van der Waals surface area contributed by atoms with Gasteiger partial charge < -0.3 is 15.2 Å². The number of carboxylic acid groups (broad SMARTS) is 1. The van der Waals surface area contributed by atoms with Crippen LogP contribution in [0, 0.1) is 15.5 Å².